The molecule has 2 nitrogen and oxygen atoms in total. The Morgan fingerprint density at radius 3 is 2.95 bits per heavy atom. The highest BCUT2D eigenvalue weighted by molar-refractivity contribution is 6.30. The van der Waals surface area contributed by atoms with Crippen LogP contribution in [0.2, 0.25) is 5.02 Å². The third kappa shape index (κ3) is 3.87. The van der Waals surface area contributed by atoms with Crippen molar-refractivity contribution in [2.45, 2.75) is 45.6 Å². The van der Waals surface area contributed by atoms with Crippen LogP contribution in [0, 0.1) is 5.92 Å². The van der Waals surface area contributed by atoms with Gasteiger partial charge in [0, 0.05) is 29.8 Å². The third-order valence-electron chi connectivity index (χ3n) is 4.03. The zero-order valence-electron chi connectivity index (χ0n) is 12.0. The minimum Gasteiger partial charge on any atom is -0.371 e. The SMILES string of the molecule is CCC1CCCN(c2cc(Cl)ccc2CC(C)N)C1. The third-order valence-corrected chi connectivity index (χ3v) is 4.26. The van der Waals surface area contributed by atoms with Crippen molar-refractivity contribution in [2.24, 2.45) is 11.7 Å². The quantitative estimate of drug-likeness (QED) is 0.907. The standard InChI is InChI=1S/C16H25ClN2/c1-3-13-5-4-8-19(11-13)16-10-15(17)7-6-14(16)9-12(2)18/h6-7,10,12-13H,3-5,8-9,11,18H2,1-2H3. The van der Waals surface area contributed by atoms with E-state index in [1.165, 1.54) is 30.5 Å². The van der Waals surface area contributed by atoms with Gasteiger partial charge in [-0.2, -0.15) is 0 Å². The number of hydrogen-bond acceptors (Lipinski definition) is 2. The first kappa shape index (κ1) is 14.7. The Bertz CT molecular complexity index is 417. The van der Waals surface area contributed by atoms with Crippen molar-refractivity contribution < 1.29 is 0 Å². The van der Waals surface area contributed by atoms with Gasteiger partial charge in [0.15, 0.2) is 0 Å². The molecule has 2 N–H and O–H groups in total. The number of halogens is 1. The molecule has 2 atom stereocenters. The van der Waals surface area contributed by atoms with E-state index >= 15 is 0 Å². The molecular formula is C16H25ClN2. The number of anilines is 1. The van der Waals surface area contributed by atoms with Crippen LogP contribution in [0.5, 0.6) is 0 Å². The molecule has 106 valence electrons. The maximum atomic E-state index is 6.18. The summed E-state index contributed by atoms with van der Waals surface area (Å²) >= 11 is 6.18. The normalized spacial score (nSPS) is 21.5. The summed E-state index contributed by atoms with van der Waals surface area (Å²) in [6.07, 6.45) is 4.82. The molecule has 1 aromatic rings. The van der Waals surface area contributed by atoms with E-state index in [-0.39, 0.29) is 6.04 Å². The molecule has 1 fully saturated rings. The summed E-state index contributed by atoms with van der Waals surface area (Å²) in [5, 5.41) is 0.821. The highest BCUT2D eigenvalue weighted by atomic mass is 35.5. The molecule has 0 aliphatic carbocycles. The fourth-order valence-corrected chi connectivity index (χ4v) is 3.13. The van der Waals surface area contributed by atoms with Crippen LogP contribution in [0.4, 0.5) is 5.69 Å². The van der Waals surface area contributed by atoms with Gasteiger partial charge in [-0.05, 0) is 49.8 Å². The Morgan fingerprint density at radius 1 is 1.47 bits per heavy atom. The first-order valence-corrected chi connectivity index (χ1v) is 7.77. The molecule has 0 aromatic heterocycles. The van der Waals surface area contributed by atoms with Gasteiger partial charge < -0.3 is 10.6 Å². The summed E-state index contributed by atoms with van der Waals surface area (Å²) in [5.41, 5.74) is 8.59. The van der Waals surface area contributed by atoms with E-state index in [0.717, 1.165) is 30.5 Å². The highest BCUT2D eigenvalue weighted by Gasteiger charge is 2.21. The largest absolute Gasteiger partial charge is 0.371 e. The van der Waals surface area contributed by atoms with Gasteiger partial charge in [-0.1, -0.05) is 31.0 Å². The molecular weight excluding hydrogens is 256 g/mol. The average Bonchev–Trinajstić information content (AvgIpc) is 2.40. The van der Waals surface area contributed by atoms with Crippen LogP contribution >= 0.6 is 11.6 Å². The number of piperidine rings is 1. The Labute approximate surface area is 121 Å². The van der Waals surface area contributed by atoms with E-state index in [1.54, 1.807) is 0 Å². The van der Waals surface area contributed by atoms with Crippen LogP contribution in [0.1, 0.15) is 38.7 Å². The smallest absolute Gasteiger partial charge is 0.0426 e. The maximum absolute atomic E-state index is 6.18. The predicted octanol–water partition coefficient (Wildman–Crippen LogP) is 3.86. The second kappa shape index (κ2) is 6.62. The average molecular weight is 281 g/mol. The van der Waals surface area contributed by atoms with Gasteiger partial charge in [-0.3, -0.25) is 0 Å². The topological polar surface area (TPSA) is 29.3 Å². The van der Waals surface area contributed by atoms with Gasteiger partial charge in [-0.25, -0.2) is 0 Å². The first-order valence-electron chi connectivity index (χ1n) is 7.39. The van der Waals surface area contributed by atoms with Gasteiger partial charge >= 0.3 is 0 Å². The molecule has 0 bridgehead atoms. The molecule has 3 heteroatoms. The van der Waals surface area contributed by atoms with E-state index in [1.807, 2.05) is 6.07 Å². The molecule has 2 rings (SSSR count). The molecule has 1 aliphatic rings. The van der Waals surface area contributed by atoms with Crippen molar-refractivity contribution in [2.75, 3.05) is 18.0 Å². The molecule has 1 heterocycles. The maximum Gasteiger partial charge on any atom is 0.0426 e. The minimum atomic E-state index is 0.187. The second-order valence-corrected chi connectivity index (χ2v) is 6.25. The highest BCUT2D eigenvalue weighted by Crippen LogP contribution is 2.30. The summed E-state index contributed by atoms with van der Waals surface area (Å²) in [5.74, 6) is 0.816. The lowest BCUT2D eigenvalue weighted by atomic mass is 9.94. The Hall–Kier alpha value is -0.730. The zero-order valence-corrected chi connectivity index (χ0v) is 12.8. The van der Waals surface area contributed by atoms with Gasteiger partial charge in [0.2, 0.25) is 0 Å². The van der Waals surface area contributed by atoms with E-state index in [9.17, 15) is 0 Å². The van der Waals surface area contributed by atoms with Crippen LogP contribution in [0.3, 0.4) is 0 Å². The lowest BCUT2D eigenvalue weighted by molar-refractivity contribution is 0.404. The molecule has 0 radical (unpaired) electrons. The van der Waals surface area contributed by atoms with E-state index in [0.29, 0.717) is 0 Å². The Morgan fingerprint density at radius 2 is 2.26 bits per heavy atom. The number of nitrogens with two attached hydrogens (primary N) is 1. The van der Waals surface area contributed by atoms with Crippen LogP contribution < -0.4 is 10.6 Å². The van der Waals surface area contributed by atoms with Crippen molar-refractivity contribution in [3.05, 3.63) is 28.8 Å². The molecule has 1 aliphatic heterocycles. The van der Waals surface area contributed by atoms with Gasteiger partial charge in [0.1, 0.15) is 0 Å². The van der Waals surface area contributed by atoms with E-state index in [4.69, 9.17) is 17.3 Å². The summed E-state index contributed by atoms with van der Waals surface area (Å²) in [4.78, 5) is 2.50. The molecule has 2 unspecified atom stereocenters. The van der Waals surface area contributed by atoms with Crippen molar-refractivity contribution in [1.82, 2.24) is 0 Å². The fraction of sp³-hybridized carbons (Fsp3) is 0.625. The minimum absolute atomic E-state index is 0.187. The summed E-state index contributed by atoms with van der Waals surface area (Å²) in [6.45, 7) is 6.64. The van der Waals surface area contributed by atoms with Gasteiger partial charge in [0.25, 0.3) is 0 Å². The van der Waals surface area contributed by atoms with Crippen LogP contribution in [-0.4, -0.2) is 19.1 Å². The fourth-order valence-electron chi connectivity index (χ4n) is 2.97. The molecule has 19 heavy (non-hydrogen) atoms. The van der Waals surface area contributed by atoms with E-state index in [2.05, 4.69) is 30.9 Å². The lowest BCUT2D eigenvalue weighted by Gasteiger charge is -2.35. The Balaban J connectivity index is 2.23. The zero-order chi connectivity index (χ0) is 13.8. The predicted molar refractivity (Wildman–Crippen MR) is 84.0 cm³/mol. The lowest BCUT2D eigenvalue weighted by Crippen LogP contribution is -2.36. The van der Waals surface area contributed by atoms with Crippen molar-refractivity contribution in [3.63, 3.8) is 0 Å². The molecule has 1 saturated heterocycles. The number of nitrogens with zero attached hydrogens (tertiary/aromatic N) is 1. The monoisotopic (exact) mass is 280 g/mol. The van der Waals surface area contributed by atoms with Crippen LogP contribution in [-0.2, 0) is 6.42 Å². The van der Waals surface area contributed by atoms with E-state index < -0.39 is 0 Å². The Kier molecular flexibility index (Phi) is 5.12. The number of hydrogen-bond donors (Lipinski definition) is 1. The van der Waals surface area contributed by atoms with Crippen LogP contribution in [0.15, 0.2) is 18.2 Å². The summed E-state index contributed by atoms with van der Waals surface area (Å²) < 4.78 is 0. The first-order chi connectivity index (χ1) is 9.10. The molecule has 0 saturated carbocycles. The summed E-state index contributed by atoms with van der Waals surface area (Å²) in [6, 6.07) is 6.41. The van der Waals surface area contributed by atoms with Crippen molar-refractivity contribution in [1.29, 1.82) is 0 Å². The number of benzene rings is 1. The second-order valence-electron chi connectivity index (χ2n) is 5.82. The van der Waals surface area contributed by atoms with Gasteiger partial charge in [0.05, 0.1) is 0 Å². The van der Waals surface area contributed by atoms with Gasteiger partial charge in [-0.15, -0.1) is 0 Å². The molecule has 0 spiro atoms. The van der Waals surface area contributed by atoms with Crippen molar-refractivity contribution in [3.8, 4) is 0 Å². The van der Waals surface area contributed by atoms with Crippen LogP contribution in [0.25, 0.3) is 0 Å². The molecule has 1 aromatic carbocycles. The molecule has 0 amide bonds. The number of rotatable bonds is 4. The summed E-state index contributed by atoms with van der Waals surface area (Å²) in [7, 11) is 0. The van der Waals surface area contributed by atoms with Crippen molar-refractivity contribution >= 4 is 17.3 Å².